The lowest BCUT2D eigenvalue weighted by Gasteiger charge is -2.25. The second-order valence-electron chi connectivity index (χ2n) is 4.45. The van der Waals surface area contributed by atoms with Gasteiger partial charge < -0.3 is 0 Å². The summed E-state index contributed by atoms with van der Waals surface area (Å²) in [5.41, 5.74) is 1.14. The molecule has 1 aliphatic rings. The third kappa shape index (κ3) is 2.93. The van der Waals surface area contributed by atoms with Crippen molar-refractivity contribution in [2.45, 2.75) is 19.5 Å². The van der Waals surface area contributed by atoms with E-state index in [9.17, 15) is 13.2 Å². The molecule has 0 aliphatic carbocycles. The standard InChI is InChI=1S/C14H16F3N/c1-2-18-8-6-11(7-9-18)12-4-3-5-13(10-12)14(15,16)17/h3-6,10H,2,7-9H2,1H3. The molecule has 0 bridgehead atoms. The first-order valence-electron chi connectivity index (χ1n) is 6.09. The molecule has 1 aliphatic heterocycles. The highest BCUT2D eigenvalue weighted by Gasteiger charge is 2.30. The minimum atomic E-state index is -4.26. The number of rotatable bonds is 2. The van der Waals surface area contributed by atoms with Gasteiger partial charge in [0.1, 0.15) is 0 Å². The first-order valence-corrected chi connectivity index (χ1v) is 6.09. The predicted octanol–water partition coefficient (Wildman–Crippen LogP) is 3.81. The largest absolute Gasteiger partial charge is 0.416 e. The Hall–Kier alpha value is -1.29. The predicted molar refractivity (Wildman–Crippen MR) is 66.2 cm³/mol. The van der Waals surface area contributed by atoms with E-state index < -0.39 is 11.7 Å². The summed E-state index contributed by atoms with van der Waals surface area (Å²) < 4.78 is 37.9. The van der Waals surface area contributed by atoms with E-state index in [-0.39, 0.29) is 0 Å². The molecule has 98 valence electrons. The molecule has 0 aromatic heterocycles. The first kappa shape index (κ1) is 13.1. The van der Waals surface area contributed by atoms with E-state index in [4.69, 9.17) is 0 Å². The van der Waals surface area contributed by atoms with Gasteiger partial charge in [0.05, 0.1) is 5.56 Å². The Morgan fingerprint density at radius 3 is 2.61 bits per heavy atom. The molecule has 0 atom stereocenters. The van der Waals surface area contributed by atoms with Crippen LogP contribution in [0.2, 0.25) is 0 Å². The van der Waals surface area contributed by atoms with Crippen molar-refractivity contribution in [3.8, 4) is 0 Å². The van der Waals surface area contributed by atoms with Crippen LogP contribution in [0.3, 0.4) is 0 Å². The van der Waals surface area contributed by atoms with Gasteiger partial charge in [0.2, 0.25) is 0 Å². The highest BCUT2D eigenvalue weighted by molar-refractivity contribution is 5.67. The molecule has 18 heavy (non-hydrogen) atoms. The van der Waals surface area contributed by atoms with Crippen LogP contribution in [-0.2, 0) is 6.18 Å². The maximum atomic E-state index is 12.6. The van der Waals surface area contributed by atoms with Crippen molar-refractivity contribution in [3.63, 3.8) is 0 Å². The molecule has 1 aromatic carbocycles. The van der Waals surface area contributed by atoms with Crippen LogP contribution >= 0.6 is 0 Å². The van der Waals surface area contributed by atoms with E-state index in [1.807, 2.05) is 6.08 Å². The highest BCUT2D eigenvalue weighted by Crippen LogP contribution is 2.32. The summed E-state index contributed by atoms with van der Waals surface area (Å²) in [6, 6.07) is 5.59. The van der Waals surface area contributed by atoms with Crippen molar-refractivity contribution in [1.82, 2.24) is 4.90 Å². The van der Waals surface area contributed by atoms with Gasteiger partial charge in [-0.05, 0) is 36.2 Å². The Kier molecular flexibility index (Phi) is 3.76. The summed E-state index contributed by atoms with van der Waals surface area (Å²) in [4.78, 5) is 2.26. The Labute approximate surface area is 105 Å². The fourth-order valence-corrected chi connectivity index (χ4v) is 2.16. The van der Waals surface area contributed by atoms with E-state index in [0.29, 0.717) is 5.56 Å². The second-order valence-corrected chi connectivity index (χ2v) is 4.45. The Bertz CT molecular complexity index is 449. The van der Waals surface area contributed by atoms with Gasteiger partial charge in [-0.2, -0.15) is 13.2 Å². The van der Waals surface area contributed by atoms with Crippen LogP contribution in [0.15, 0.2) is 30.3 Å². The average Bonchev–Trinajstić information content (AvgIpc) is 2.38. The molecule has 0 N–H and O–H groups in total. The third-order valence-electron chi connectivity index (χ3n) is 3.30. The highest BCUT2D eigenvalue weighted by atomic mass is 19.4. The zero-order chi connectivity index (χ0) is 13.2. The third-order valence-corrected chi connectivity index (χ3v) is 3.30. The normalized spacial score (nSPS) is 17.7. The second kappa shape index (κ2) is 5.14. The van der Waals surface area contributed by atoms with Crippen molar-refractivity contribution in [2.75, 3.05) is 19.6 Å². The van der Waals surface area contributed by atoms with Crippen LogP contribution in [0.4, 0.5) is 13.2 Å². The number of hydrogen-bond donors (Lipinski definition) is 0. The lowest BCUT2D eigenvalue weighted by Crippen LogP contribution is -2.28. The monoisotopic (exact) mass is 255 g/mol. The molecule has 0 fully saturated rings. The van der Waals surface area contributed by atoms with Crippen LogP contribution in [0, 0.1) is 0 Å². The van der Waals surface area contributed by atoms with Crippen molar-refractivity contribution < 1.29 is 13.2 Å². The SMILES string of the molecule is CCN1CC=C(c2cccc(C(F)(F)F)c2)CC1. The molecular formula is C14H16F3N. The number of hydrogen-bond acceptors (Lipinski definition) is 1. The van der Waals surface area contributed by atoms with Crippen LogP contribution in [-0.4, -0.2) is 24.5 Å². The Morgan fingerprint density at radius 1 is 1.28 bits per heavy atom. The molecule has 4 heteroatoms. The topological polar surface area (TPSA) is 3.24 Å². The van der Waals surface area contributed by atoms with Crippen LogP contribution in [0.1, 0.15) is 24.5 Å². The van der Waals surface area contributed by atoms with E-state index in [1.54, 1.807) is 6.07 Å². The molecule has 0 amide bonds. The van der Waals surface area contributed by atoms with Crippen molar-refractivity contribution in [2.24, 2.45) is 0 Å². The molecule has 1 heterocycles. The zero-order valence-electron chi connectivity index (χ0n) is 10.3. The summed E-state index contributed by atoms with van der Waals surface area (Å²) in [5, 5.41) is 0. The van der Waals surface area contributed by atoms with Crippen LogP contribution < -0.4 is 0 Å². The number of halogens is 3. The summed E-state index contributed by atoms with van der Waals surface area (Å²) >= 11 is 0. The van der Waals surface area contributed by atoms with Crippen molar-refractivity contribution in [3.05, 3.63) is 41.5 Å². The van der Waals surface area contributed by atoms with Crippen LogP contribution in [0.5, 0.6) is 0 Å². The molecule has 0 radical (unpaired) electrons. The van der Waals surface area contributed by atoms with Gasteiger partial charge in [0, 0.05) is 13.1 Å². The van der Waals surface area contributed by atoms with E-state index >= 15 is 0 Å². The molecule has 0 saturated carbocycles. The first-order chi connectivity index (χ1) is 8.50. The summed E-state index contributed by atoms with van der Waals surface area (Å²) in [5.74, 6) is 0. The lowest BCUT2D eigenvalue weighted by atomic mass is 9.97. The molecule has 0 unspecified atom stereocenters. The van der Waals surface area contributed by atoms with E-state index in [1.165, 1.54) is 12.1 Å². The number of benzene rings is 1. The van der Waals surface area contributed by atoms with Crippen molar-refractivity contribution in [1.29, 1.82) is 0 Å². The smallest absolute Gasteiger partial charge is 0.300 e. The number of likely N-dealkylation sites (N-methyl/N-ethyl adjacent to an activating group) is 1. The lowest BCUT2D eigenvalue weighted by molar-refractivity contribution is -0.137. The van der Waals surface area contributed by atoms with Gasteiger partial charge in [-0.3, -0.25) is 4.90 Å². The zero-order valence-corrected chi connectivity index (χ0v) is 10.3. The molecule has 0 saturated heterocycles. The Morgan fingerprint density at radius 2 is 2.06 bits per heavy atom. The van der Waals surface area contributed by atoms with Gasteiger partial charge in [0.15, 0.2) is 0 Å². The molecular weight excluding hydrogens is 239 g/mol. The summed E-state index contributed by atoms with van der Waals surface area (Å²) in [6.07, 6.45) is -1.42. The van der Waals surface area contributed by atoms with E-state index in [0.717, 1.165) is 37.7 Å². The quantitative estimate of drug-likeness (QED) is 0.776. The fourth-order valence-electron chi connectivity index (χ4n) is 2.16. The molecule has 2 rings (SSSR count). The number of alkyl halides is 3. The van der Waals surface area contributed by atoms with Gasteiger partial charge in [0.25, 0.3) is 0 Å². The minimum Gasteiger partial charge on any atom is -0.300 e. The average molecular weight is 255 g/mol. The van der Waals surface area contributed by atoms with Gasteiger partial charge >= 0.3 is 6.18 Å². The summed E-state index contributed by atoms with van der Waals surface area (Å²) in [6.45, 7) is 4.80. The van der Waals surface area contributed by atoms with Crippen LogP contribution in [0.25, 0.3) is 5.57 Å². The van der Waals surface area contributed by atoms with Gasteiger partial charge in [-0.1, -0.05) is 25.1 Å². The Balaban J connectivity index is 2.22. The molecule has 1 nitrogen and oxygen atoms in total. The maximum absolute atomic E-state index is 12.6. The number of nitrogens with zero attached hydrogens (tertiary/aromatic N) is 1. The van der Waals surface area contributed by atoms with Gasteiger partial charge in [-0.15, -0.1) is 0 Å². The minimum absolute atomic E-state index is 0.571. The van der Waals surface area contributed by atoms with E-state index in [2.05, 4.69) is 11.8 Å². The molecule has 0 spiro atoms. The van der Waals surface area contributed by atoms with Crippen molar-refractivity contribution >= 4 is 5.57 Å². The maximum Gasteiger partial charge on any atom is 0.416 e. The fraction of sp³-hybridized carbons (Fsp3) is 0.429. The molecule has 1 aromatic rings. The summed E-state index contributed by atoms with van der Waals surface area (Å²) in [7, 11) is 0. The van der Waals surface area contributed by atoms with Gasteiger partial charge in [-0.25, -0.2) is 0 Å².